The van der Waals surface area contributed by atoms with E-state index in [1.165, 1.54) is 0 Å². The number of rotatable bonds is 5. The van der Waals surface area contributed by atoms with Gasteiger partial charge in [-0.1, -0.05) is 11.3 Å². The molecule has 0 aromatic carbocycles. The number of hydrogen-bond donors (Lipinski definition) is 1. The molecule has 13 heavy (non-hydrogen) atoms. The number of ether oxygens (including phenoxy) is 1. The molecule has 0 unspecified atom stereocenters. The van der Waals surface area contributed by atoms with E-state index < -0.39 is 0 Å². The predicted octanol–water partition coefficient (Wildman–Crippen LogP) is 0.110. The minimum atomic E-state index is -0.181. The third kappa shape index (κ3) is 2.37. The summed E-state index contributed by atoms with van der Waals surface area (Å²) in [6, 6.07) is -0.181. The SMILES string of the molecule is C=CCn1nncc1[C@@H](N)COC. The molecule has 1 atom stereocenters. The van der Waals surface area contributed by atoms with Crippen LogP contribution in [-0.2, 0) is 11.3 Å². The van der Waals surface area contributed by atoms with E-state index >= 15 is 0 Å². The van der Waals surface area contributed by atoms with Gasteiger partial charge in [0, 0.05) is 7.11 Å². The fourth-order valence-electron chi connectivity index (χ4n) is 1.08. The second-order valence-corrected chi connectivity index (χ2v) is 2.69. The van der Waals surface area contributed by atoms with Crippen molar-refractivity contribution < 1.29 is 4.74 Å². The number of hydrogen-bond acceptors (Lipinski definition) is 4. The fraction of sp³-hybridized carbons (Fsp3) is 0.500. The van der Waals surface area contributed by atoms with Gasteiger partial charge in [-0.2, -0.15) is 0 Å². The van der Waals surface area contributed by atoms with Crippen LogP contribution in [0, 0.1) is 0 Å². The Balaban J connectivity index is 2.73. The highest BCUT2D eigenvalue weighted by molar-refractivity contribution is 5.01. The molecule has 1 heterocycles. The molecule has 0 aliphatic carbocycles. The van der Waals surface area contributed by atoms with Gasteiger partial charge in [0.25, 0.3) is 0 Å². The quantitative estimate of drug-likeness (QED) is 0.656. The zero-order valence-electron chi connectivity index (χ0n) is 7.68. The maximum absolute atomic E-state index is 5.82. The van der Waals surface area contributed by atoms with Gasteiger partial charge in [0.15, 0.2) is 0 Å². The lowest BCUT2D eigenvalue weighted by Crippen LogP contribution is -2.20. The normalized spacial score (nSPS) is 12.8. The van der Waals surface area contributed by atoms with Gasteiger partial charge >= 0.3 is 0 Å². The molecule has 0 bridgehead atoms. The standard InChI is InChI=1S/C8H14N4O/c1-3-4-12-8(5-10-11-12)7(9)6-13-2/h3,5,7H,1,4,6,9H2,2H3/t7-/m0/s1. The van der Waals surface area contributed by atoms with Crippen molar-refractivity contribution in [3.8, 4) is 0 Å². The Labute approximate surface area is 77.2 Å². The molecule has 0 aliphatic rings. The van der Waals surface area contributed by atoms with Gasteiger partial charge in [-0.3, -0.25) is 0 Å². The van der Waals surface area contributed by atoms with Crippen molar-refractivity contribution in [2.24, 2.45) is 5.73 Å². The summed E-state index contributed by atoms with van der Waals surface area (Å²) in [6.45, 7) is 4.70. The first-order chi connectivity index (χ1) is 6.29. The first-order valence-corrected chi connectivity index (χ1v) is 4.03. The monoisotopic (exact) mass is 182 g/mol. The van der Waals surface area contributed by atoms with Crippen LogP contribution in [0.4, 0.5) is 0 Å². The van der Waals surface area contributed by atoms with Crippen molar-refractivity contribution >= 4 is 0 Å². The minimum absolute atomic E-state index is 0.181. The number of nitrogens with two attached hydrogens (primary N) is 1. The van der Waals surface area contributed by atoms with E-state index in [1.54, 1.807) is 24.1 Å². The van der Waals surface area contributed by atoms with E-state index in [0.717, 1.165) is 5.69 Å². The van der Waals surface area contributed by atoms with Crippen molar-refractivity contribution in [2.75, 3.05) is 13.7 Å². The van der Waals surface area contributed by atoms with Crippen LogP contribution in [-0.4, -0.2) is 28.7 Å². The maximum atomic E-state index is 5.82. The summed E-state index contributed by atoms with van der Waals surface area (Å²) in [5.41, 5.74) is 6.68. The summed E-state index contributed by atoms with van der Waals surface area (Å²) < 4.78 is 6.65. The molecule has 0 radical (unpaired) electrons. The third-order valence-electron chi connectivity index (χ3n) is 1.68. The first kappa shape index (κ1) is 9.88. The Bertz CT molecular complexity index is 271. The lowest BCUT2D eigenvalue weighted by atomic mass is 10.2. The zero-order chi connectivity index (χ0) is 9.68. The Morgan fingerprint density at radius 3 is 3.23 bits per heavy atom. The smallest absolute Gasteiger partial charge is 0.0781 e. The molecule has 1 aromatic rings. The van der Waals surface area contributed by atoms with Crippen LogP contribution in [0.1, 0.15) is 11.7 Å². The summed E-state index contributed by atoms with van der Waals surface area (Å²) in [6.07, 6.45) is 3.39. The fourth-order valence-corrected chi connectivity index (χ4v) is 1.08. The summed E-state index contributed by atoms with van der Waals surface area (Å²) in [5, 5.41) is 7.64. The summed E-state index contributed by atoms with van der Waals surface area (Å²) >= 11 is 0. The molecule has 0 saturated heterocycles. The predicted molar refractivity (Wildman–Crippen MR) is 49.0 cm³/mol. The second-order valence-electron chi connectivity index (χ2n) is 2.69. The molecule has 0 saturated carbocycles. The van der Waals surface area contributed by atoms with E-state index in [0.29, 0.717) is 13.2 Å². The Morgan fingerprint density at radius 2 is 2.62 bits per heavy atom. The molecule has 1 rings (SSSR count). The third-order valence-corrected chi connectivity index (χ3v) is 1.68. The highest BCUT2D eigenvalue weighted by atomic mass is 16.5. The van der Waals surface area contributed by atoms with E-state index in [2.05, 4.69) is 16.9 Å². The van der Waals surface area contributed by atoms with Crippen molar-refractivity contribution in [3.63, 3.8) is 0 Å². The van der Waals surface area contributed by atoms with Crippen LogP contribution < -0.4 is 5.73 Å². The molecule has 0 aliphatic heterocycles. The summed E-state index contributed by atoms with van der Waals surface area (Å²) in [5.74, 6) is 0. The van der Waals surface area contributed by atoms with Crippen LogP contribution in [0.5, 0.6) is 0 Å². The van der Waals surface area contributed by atoms with Crippen LogP contribution in [0.15, 0.2) is 18.9 Å². The minimum Gasteiger partial charge on any atom is -0.383 e. The molecule has 5 nitrogen and oxygen atoms in total. The van der Waals surface area contributed by atoms with E-state index in [1.807, 2.05) is 0 Å². The second kappa shape index (κ2) is 4.74. The van der Waals surface area contributed by atoms with Gasteiger partial charge < -0.3 is 10.5 Å². The molecule has 0 spiro atoms. The van der Waals surface area contributed by atoms with Gasteiger partial charge in [-0.05, 0) is 0 Å². The average Bonchev–Trinajstić information content (AvgIpc) is 2.54. The highest BCUT2D eigenvalue weighted by Gasteiger charge is 2.11. The highest BCUT2D eigenvalue weighted by Crippen LogP contribution is 2.07. The van der Waals surface area contributed by atoms with Crippen LogP contribution in [0.2, 0.25) is 0 Å². The van der Waals surface area contributed by atoms with E-state index in [9.17, 15) is 0 Å². The largest absolute Gasteiger partial charge is 0.383 e. The Morgan fingerprint density at radius 1 is 1.85 bits per heavy atom. The van der Waals surface area contributed by atoms with Crippen molar-refractivity contribution in [3.05, 3.63) is 24.5 Å². The molecule has 0 fully saturated rings. The van der Waals surface area contributed by atoms with Crippen LogP contribution in [0.3, 0.4) is 0 Å². The Kier molecular flexibility index (Phi) is 3.60. The van der Waals surface area contributed by atoms with Gasteiger partial charge in [0.05, 0.1) is 31.1 Å². The number of nitrogens with zero attached hydrogens (tertiary/aromatic N) is 3. The molecular formula is C8H14N4O. The lowest BCUT2D eigenvalue weighted by Gasteiger charge is -2.10. The average molecular weight is 182 g/mol. The van der Waals surface area contributed by atoms with Crippen LogP contribution in [0.25, 0.3) is 0 Å². The summed E-state index contributed by atoms with van der Waals surface area (Å²) in [7, 11) is 1.61. The van der Waals surface area contributed by atoms with Crippen molar-refractivity contribution in [2.45, 2.75) is 12.6 Å². The molecule has 72 valence electrons. The van der Waals surface area contributed by atoms with E-state index in [-0.39, 0.29) is 6.04 Å². The van der Waals surface area contributed by atoms with Crippen molar-refractivity contribution in [1.29, 1.82) is 0 Å². The van der Waals surface area contributed by atoms with Crippen LogP contribution >= 0.6 is 0 Å². The first-order valence-electron chi connectivity index (χ1n) is 4.03. The number of methoxy groups -OCH3 is 1. The van der Waals surface area contributed by atoms with Gasteiger partial charge in [0.2, 0.25) is 0 Å². The molecule has 2 N–H and O–H groups in total. The van der Waals surface area contributed by atoms with Crippen molar-refractivity contribution in [1.82, 2.24) is 15.0 Å². The number of allylic oxidation sites excluding steroid dienone is 1. The maximum Gasteiger partial charge on any atom is 0.0781 e. The molecule has 1 aromatic heterocycles. The molecule has 5 heteroatoms. The van der Waals surface area contributed by atoms with Gasteiger partial charge in [-0.15, -0.1) is 11.7 Å². The Hall–Kier alpha value is -1.20. The molecule has 0 amide bonds. The molecular weight excluding hydrogens is 168 g/mol. The zero-order valence-corrected chi connectivity index (χ0v) is 7.68. The van der Waals surface area contributed by atoms with E-state index in [4.69, 9.17) is 10.5 Å². The summed E-state index contributed by atoms with van der Waals surface area (Å²) in [4.78, 5) is 0. The number of aromatic nitrogens is 3. The lowest BCUT2D eigenvalue weighted by molar-refractivity contribution is 0.178. The van der Waals surface area contributed by atoms with Gasteiger partial charge in [0.1, 0.15) is 0 Å². The topological polar surface area (TPSA) is 66.0 Å². The van der Waals surface area contributed by atoms with Gasteiger partial charge in [-0.25, -0.2) is 4.68 Å².